The molecule has 0 aromatic heterocycles. The van der Waals surface area contributed by atoms with Gasteiger partial charge in [-0.05, 0) is 99.7 Å². The molecule has 8 heteroatoms. The van der Waals surface area contributed by atoms with Crippen molar-refractivity contribution in [3.8, 4) is 0 Å². The average Bonchev–Trinajstić information content (AvgIpc) is 3.04. The van der Waals surface area contributed by atoms with Crippen LogP contribution in [-0.4, -0.2) is 46.1 Å². The van der Waals surface area contributed by atoms with Crippen molar-refractivity contribution in [2.45, 2.75) is 178 Å². The van der Waals surface area contributed by atoms with Gasteiger partial charge in [0.05, 0.1) is 36.8 Å². The minimum absolute atomic E-state index is 0.0557. The molecule has 4 N–H and O–H groups in total. The lowest BCUT2D eigenvalue weighted by Crippen LogP contribution is -2.73. The number of hydrogen-bond acceptors (Lipinski definition) is 7. The van der Waals surface area contributed by atoms with Gasteiger partial charge >= 0.3 is 11.4 Å². The molecule has 7 rings (SSSR count). The van der Waals surface area contributed by atoms with Crippen LogP contribution < -0.4 is 16.0 Å². The van der Waals surface area contributed by atoms with E-state index in [0.717, 1.165) is 62.2 Å². The van der Waals surface area contributed by atoms with Crippen molar-refractivity contribution < 1.29 is 17.7 Å². The van der Waals surface area contributed by atoms with Gasteiger partial charge in [-0.3, -0.25) is 24.3 Å². The van der Waals surface area contributed by atoms with E-state index in [-0.39, 0.29) is 24.3 Å². The lowest BCUT2D eigenvalue weighted by atomic mass is 9.66. The maximum atomic E-state index is 12.7. The van der Waals surface area contributed by atoms with E-state index in [4.69, 9.17) is 8.37 Å². The van der Waals surface area contributed by atoms with E-state index in [2.05, 4.69) is 16.0 Å². The minimum atomic E-state index is -1.72. The first-order valence-corrected chi connectivity index (χ1v) is 19.8. The van der Waals surface area contributed by atoms with E-state index in [1.54, 1.807) is 0 Å². The van der Waals surface area contributed by atoms with Crippen LogP contribution in [0.4, 0.5) is 0 Å². The van der Waals surface area contributed by atoms with E-state index in [1.165, 1.54) is 96.3 Å². The molecule has 246 valence electrons. The van der Waals surface area contributed by atoms with Crippen molar-refractivity contribution in [3.63, 3.8) is 0 Å². The summed E-state index contributed by atoms with van der Waals surface area (Å²) in [6, 6.07) is 0. The van der Waals surface area contributed by atoms with Gasteiger partial charge in [-0.25, -0.2) is 0 Å². The van der Waals surface area contributed by atoms with Gasteiger partial charge in [0.2, 0.25) is 0 Å². The van der Waals surface area contributed by atoms with Crippen LogP contribution >= 0.6 is 0 Å². The molecule has 1 saturated heterocycles. The van der Waals surface area contributed by atoms with Gasteiger partial charge in [-0.1, -0.05) is 70.6 Å². The maximum Gasteiger partial charge on any atom is 0.305 e. The molecule has 7 nitrogen and oxygen atoms in total. The highest BCUT2D eigenvalue weighted by molar-refractivity contribution is 7.75. The molecule has 6 aliphatic carbocycles. The zero-order valence-corrected chi connectivity index (χ0v) is 27.5. The van der Waals surface area contributed by atoms with Crippen LogP contribution in [0.15, 0.2) is 0 Å². The fraction of sp³-hybridized carbons (Fsp3) is 1.00. The van der Waals surface area contributed by atoms with Gasteiger partial charge in [0, 0.05) is 12.3 Å². The van der Waals surface area contributed by atoms with Crippen LogP contribution in [0, 0.1) is 41.4 Å². The van der Waals surface area contributed by atoms with Gasteiger partial charge < -0.3 is 5.11 Å². The number of hydrogen-bond donors (Lipinski definition) is 4. The van der Waals surface area contributed by atoms with Crippen LogP contribution in [0.5, 0.6) is 0 Å². The molecule has 1 heterocycles. The minimum Gasteiger partial charge on any atom is -0.393 e. The van der Waals surface area contributed by atoms with E-state index in [0.29, 0.717) is 30.6 Å². The van der Waals surface area contributed by atoms with E-state index in [1.807, 2.05) is 0 Å². The Morgan fingerprint density at radius 1 is 0.465 bits per heavy atom. The fourth-order valence-electron chi connectivity index (χ4n) is 11.0. The van der Waals surface area contributed by atoms with Crippen LogP contribution in [0.2, 0.25) is 0 Å². The molecule has 0 spiro atoms. The third kappa shape index (κ3) is 7.73. The van der Waals surface area contributed by atoms with Gasteiger partial charge in [0.25, 0.3) is 0 Å². The predicted molar refractivity (Wildman–Crippen MR) is 171 cm³/mol. The Kier molecular flexibility index (Phi) is 10.8. The molecule has 7 aliphatic rings. The van der Waals surface area contributed by atoms with Gasteiger partial charge in [-0.15, -0.1) is 0 Å². The standard InChI is InChI=1S/C35H61N3O4S/c39-32-22-30(42-43(40)41-29-12-2-1-3-13-29)18-19-31(32)35-37-33(27-16-14-23-8-4-6-10-25(23)20-27)36-34(38-35)28-17-15-24-9-5-7-11-26(24)21-28/h23-39H,1-22H2. The first-order valence-electron chi connectivity index (χ1n) is 18.8. The second kappa shape index (κ2) is 14.8. The SMILES string of the molecule is O=S(OC1CCCCC1)OC1CCC(C2NC(C3CCC4CCCCC4C3)NC(C3CCC4CCCCC4C3)N2)C(O)C1. The zero-order chi connectivity index (χ0) is 29.2. The largest absolute Gasteiger partial charge is 0.393 e. The molecular formula is C35H61N3O4S. The van der Waals surface area contributed by atoms with E-state index < -0.39 is 17.5 Å². The Morgan fingerprint density at radius 3 is 1.53 bits per heavy atom. The Labute approximate surface area is 264 Å². The smallest absolute Gasteiger partial charge is 0.305 e. The van der Waals surface area contributed by atoms with Gasteiger partial charge in [0.15, 0.2) is 0 Å². The Balaban J connectivity index is 0.993. The molecule has 0 aromatic rings. The summed E-state index contributed by atoms with van der Waals surface area (Å²) in [4.78, 5) is 0. The van der Waals surface area contributed by atoms with Crippen molar-refractivity contribution in [1.82, 2.24) is 16.0 Å². The van der Waals surface area contributed by atoms with Crippen molar-refractivity contribution in [1.29, 1.82) is 0 Å². The summed E-state index contributed by atoms with van der Waals surface area (Å²) in [6.07, 6.45) is 27.5. The summed E-state index contributed by atoms with van der Waals surface area (Å²) in [5.41, 5.74) is 0. The molecule has 12 atom stereocenters. The van der Waals surface area contributed by atoms with Gasteiger partial charge in [-0.2, -0.15) is 4.21 Å². The van der Waals surface area contributed by atoms with E-state index in [9.17, 15) is 9.32 Å². The summed E-state index contributed by atoms with van der Waals surface area (Å²) >= 11 is -1.72. The second-order valence-corrected chi connectivity index (χ2v) is 16.8. The number of fused-ring (bicyclic) bond motifs is 2. The number of aliphatic hydroxyl groups is 1. The first-order chi connectivity index (χ1) is 21.1. The molecule has 0 bridgehead atoms. The van der Waals surface area contributed by atoms with Crippen LogP contribution in [0.25, 0.3) is 0 Å². The molecule has 43 heavy (non-hydrogen) atoms. The Bertz CT molecular complexity index is 878. The third-order valence-corrected chi connectivity index (χ3v) is 14.3. The topological polar surface area (TPSA) is 91.9 Å². The van der Waals surface area contributed by atoms with Crippen molar-refractivity contribution in [2.75, 3.05) is 0 Å². The van der Waals surface area contributed by atoms with Gasteiger partial charge in [0.1, 0.15) is 0 Å². The summed E-state index contributed by atoms with van der Waals surface area (Å²) in [5.74, 6) is 5.24. The molecule has 1 aliphatic heterocycles. The molecule has 12 unspecified atom stereocenters. The highest BCUT2D eigenvalue weighted by atomic mass is 32.2. The monoisotopic (exact) mass is 619 g/mol. The van der Waals surface area contributed by atoms with Crippen molar-refractivity contribution >= 4 is 11.4 Å². The molecule has 0 aromatic carbocycles. The molecule has 6 saturated carbocycles. The Morgan fingerprint density at radius 2 is 0.953 bits per heavy atom. The fourth-order valence-corrected chi connectivity index (χ4v) is 11.8. The maximum absolute atomic E-state index is 12.7. The first kappa shape index (κ1) is 31.5. The number of rotatable bonds is 7. The van der Waals surface area contributed by atoms with E-state index >= 15 is 0 Å². The number of nitrogens with one attached hydrogen (secondary N) is 3. The van der Waals surface area contributed by atoms with Crippen molar-refractivity contribution in [2.24, 2.45) is 41.4 Å². The molecule has 0 radical (unpaired) electrons. The summed E-state index contributed by atoms with van der Waals surface area (Å²) in [7, 11) is 0. The lowest BCUT2D eigenvalue weighted by Gasteiger charge is -2.52. The normalized spacial score (nSPS) is 47.3. The molecule has 7 fully saturated rings. The summed E-state index contributed by atoms with van der Waals surface area (Å²) in [6.45, 7) is 0. The summed E-state index contributed by atoms with van der Waals surface area (Å²) < 4.78 is 24.3. The summed E-state index contributed by atoms with van der Waals surface area (Å²) in [5, 5.41) is 23.8. The third-order valence-electron chi connectivity index (χ3n) is 13.4. The zero-order valence-electron chi connectivity index (χ0n) is 26.6. The van der Waals surface area contributed by atoms with Crippen LogP contribution in [0.3, 0.4) is 0 Å². The lowest BCUT2D eigenvalue weighted by molar-refractivity contribution is -0.0371. The van der Waals surface area contributed by atoms with Crippen LogP contribution in [0.1, 0.15) is 141 Å². The highest BCUT2D eigenvalue weighted by Crippen LogP contribution is 2.46. The quantitative estimate of drug-likeness (QED) is 0.261. The van der Waals surface area contributed by atoms with Crippen LogP contribution in [-0.2, 0) is 19.7 Å². The molecular weight excluding hydrogens is 558 g/mol. The Hall–Kier alpha value is -0.0900. The predicted octanol–water partition coefficient (Wildman–Crippen LogP) is 6.43. The van der Waals surface area contributed by atoms with Crippen molar-refractivity contribution in [3.05, 3.63) is 0 Å². The second-order valence-electron chi connectivity index (χ2n) is 16.0. The highest BCUT2D eigenvalue weighted by Gasteiger charge is 2.46. The molecule has 0 amide bonds. The number of aliphatic hydroxyl groups excluding tert-OH is 1. The average molecular weight is 620 g/mol.